The van der Waals surface area contributed by atoms with Crippen LogP contribution in [0.1, 0.15) is 36.2 Å². The van der Waals surface area contributed by atoms with E-state index in [0.717, 1.165) is 28.8 Å². The van der Waals surface area contributed by atoms with Crippen LogP contribution < -0.4 is 5.32 Å². The van der Waals surface area contributed by atoms with Gasteiger partial charge in [0.25, 0.3) is 5.91 Å². The molecule has 3 aromatic rings. The lowest BCUT2D eigenvalue weighted by molar-refractivity contribution is 0.0948. The third-order valence-electron chi connectivity index (χ3n) is 4.73. The summed E-state index contributed by atoms with van der Waals surface area (Å²) in [6.45, 7) is 0.672. The van der Waals surface area contributed by atoms with Crippen molar-refractivity contribution in [3.63, 3.8) is 0 Å². The number of rotatable bonds is 6. The van der Waals surface area contributed by atoms with Gasteiger partial charge in [0.2, 0.25) is 0 Å². The van der Waals surface area contributed by atoms with Crippen LogP contribution in [0.15, 0.2) is 30.3 Å². The quantitative estimate of drug-likeness (QED) is 0.674. The zero-order valence-electron chi connectivity index (χ0n) is 14.6. The van der Waals surface area contributed by atoms with Gasteiger partial charge in [-0.15, -0.1) is 5.10 Å². The highest BCUT2D eigenvalue weighted by atomic mass is 35.5. The highest BCUT2D eigenvalue weighted by Gasteiger charge is 2.21. The maximum atomic E-state index is 12.6. The van der Waals surface area contributed by atoms with Crippen molar-refractivity contribution >= 4 is 28.4 Å². The molecule has 2 heterocycles. The Hall–Kier alpha value is -2.47. The standard InChI is InChI=1S/C19H20ClN5O/c1-25-18(20)17(23-24-25)14-11-16(22-15-7-3-2-6-13(14)15)19(26)21-10-4-5-12-8-9-12/h2-3,6-7,11-12H,4-5,8-10H2,1H3,(H,21,26). The van der Waals surface area contributed by atoms with E-state index in [1.165, 1.54) is 23.9 Å². The molecule has 26 heavy (non-hydrogen) atoms. The average Bonchev–Trinajstić information content (AvgIpc) is 3.43. The Morgan fingerprint density at radius 2 is 2.15 bits per heavy atom. The lowest BCUT2D eigenvalue weighted by atomic mass is 10.0. The Morgan fingerprint density at radius 1 is 1.35 bits per heavy atom. The van der Waals surface area contributed by atoms with Gasteiger partial charge in [0.15, 0.2) is 5.15 Å². The van der Waals surface area contributed by atoms with E-state index < -0.39 is 0 Å². The predicted octanol–water partition coefficient (Wildman–Crippen LogP) is 3.60. The number of nitrogens with one attached hydrogen (secondary N) is 1. The molecule has 1 aliphatic carbocycles. The number of nitrogens with zero attached hydrogens (tertiary/aromatic N) is 4. The molecular formula is C19H20ClN5O. The van der Waals surface area contributed by atoms with Crippen molar-refractivity contribution in [2.75, 3.05) is 6.54 Å². The van der Waals surface area contributed by atoms with E-state index in [0.29, 0.717) is 23.1 Å². The molecule has 0 spiro atoms. The number of pyridine rings is 1. The molecule has 134 valence electrons. The first-order chi connectivity index (χ1) is 12.6. The van der Waals surface area contributed by atoms with Gasteiger partial charge in [-0.05, 0) is 30.9 Å². The van der Waals surface area contributed by atoms with Gasteiger partial charge < -0.3 is 5.32 Å². The summed E-state index contributed by atoms with van der Waals surface area (Å²) >= 11 is 6.33. The van der Waals surface area contributed by atoms with E-state index >= 15 is 0 Å². The Kier molecular flexibility index (Phi) is 4.59. The Bertz CT molecular complexity index is 964. The van der Waals surface area contributed by atoms with Gasteiger partial charge >= 0.3 is 0 Å². The largest absolute Gasteiger partial charge is 0.351 e. The van der Waals surface area contributed by atoms with Gasteiger partial charge in [-0.2, -0.15) is 0 Å². The van der Waals surface area contributed by atoms with Crippen LogP contribution in [0.3, 0.4) is 0 Å². The number of hydrogen-bond acceptors (Lipinski definition) is 4. The van der Waals surface area contributed by atoms with Crippen molar-refractivity contribution < 1.29 is 4.79 Å². The van der Waals surface area contributed by atoms with Crippen molar-refractivity contribution in [2.45, 2.75) is 25.7 Å². The first-order valence-electron chi connectivity index (χ1n) is 8.87. The molecule has 0 saturated heterocycles. The van der Waals surface area contributed by atoms with Crippen molar-refractivity contribution in [1.82, 2.24) is 25.3 Å². The summed E-state index contributed by atoms with van der Waals surface area (Å²) in [5.74, 6) is 0.698. The van der Waals surface area contributed by atoms with Crippen LogP contribution in [0.25, 0.3) is 22.2 Å². The molecule has 6 nitrogen and oxygen atoms in total. The van der Waals surface area contributed by atoms with Crippen LogP contribution >= 0.6 is 11.6 Å². The van der Waals surface area contributed by atoms with Gasteiger partial charge in [-0.3, -0.25) is 4.79 Å². The zero-order chi connectivity index (χ0) is 18.1. The first kappa shape index (κ1) is 17.0. The van der Waals surface area contributed by atoms with Crippen LogP contribution in [-0.4, -0.2) is 32.4 Å². The second kappa shape index (κ2) is 7.03. The highest BCUT2D eigenvalue weighted by Crippen LogP contribution is 2.33. The van der Waals surface area contributed by atoms with Crippen molar-refractivity contribution in [3.8, 4) is 11.3 Å². The van der Waals surface area contributed by atoms with Crippen LogP contribution in [0, 0.1) is 5.92 Å². The average molecular weight is 370 g/mol. The molecule has 0 unspecified atom stereocenters. The number of para-hydroxylation sites is 1. The highest BCUT2D eigenvalue weighted by molar-refractivity contribution is 6.32. The topological polar surface area (TPSA) is 72.7 Å². The molecule has 1 saturated carbocycles. The van der Waals surface area contributed by atoms with E-state index in [1.54, 1.807) is 13.1 Å². The fraction of sp³-hybridized carbons (Fsp3) is 0.368. The summed E-state index contributed by atoms with van der Waals surface area (Å²) in [6.07, 6.45) is 4.86. The number of aromatic nitrogens is 4. The molecule has 0 bridgehead atoms. The van der Waals surface area contributed by atoms with E-state index in [4.69, 9.17) is 11.6 Å². The number of amides is 1. The number of halogens is 1. The minimum Gasteiger partial charge on any atom is -0.351 e. The Labute approximate surface area is 156 Å². The van der Waals surface area contributed by atoms with E-state index in [1.807, 2.05) is 24.3 Å². The second-order valence-corrected chi connectivity index (χ2v) is 7.12. The monoisotopic (exact) mass is 369 g/mol. The summed E-state index contributed by atoms with van der Waals surface area (Å²) in [5, 5.41) is 12.4. The van der Waals surface area contributed by atoms with Gasteiger partial charge in [-0.1, -0.05) is 47.9 Å². The number of carbonyl (C=O) groups excluding carboxylic acids is 1. The minimum atomic E-state index is -0.173. The molecule has 1 fully saturated rings. The lowest BCUT2D eigenvalue weighted by Crippen LogP contribution is -2.25. The summed E-state index contributed by atoms with van der Waals surface area (Å²) in [5.41, 5.74) is 2.41. The molecule has 2 aromatic heterocycles. The maximum absolute atomic E-state index is 12.6. The smallest absolute Gasteiger partial charge is 0.269 e. The molecule has 0 aliphatic heterocycles. The third kappa shape index (κ3) is 3.42. The van der Waals surface area contributed by atoms with E-state index in [9.17, 15) is 4.79 Å². The lowest BCUT2D eigenvalue weighted by Gasteiger charge is -2.09. The van der Waals surface area contributed by atoms with Gasteiger partial charge in [-0.25, -0.2) is 9.67 Å². The summed E-state index contributed by atoms with van der Waals surface area (Å²) in [4.78, 5) is 17.1. The van der Waals surface area contributed by atoms with Crippen molar-refractivity contribution in [3.05, 3.63) is 41.2 Å². The van der Waals surface area contributed by atoms with E-state index in [-0.39, 0.29) is 5.91 Å². The van der Waals surface area contributed by atoms with Gasteiger partial charge in [0, 0.05) is 24.5 Å². The minimum absolute atomic E-state index is 0.173. The number of hydrogen-bond donors (Lipinski definition) is 1. The Morgan fingerprint density at radius 3 is 2.88 bits per heavy atom. The molecule has 1 aliphatic rings. The van der Waals surface area contributed by atoms with Crippen molar-refractivity contribution in [1.29, 1.82) is 0 Å². The van der Waals surface area contributed by atoms with Crippen LogP contribution in [0.5, 0.6) is 0 Å². The van der Waals surface area contributed by atoms with Crippen LogP contribution in [0.2, 0.25) is 5.15 Å². The number of aryl methyl sites for hydroxylation is 1. The predicted molar refractivity (Wildman–Crippen MR) is 101 cm³/mol. The van der Waals surface area contributed by atoms with Gasteiger partial charge in [0.05, 0.1) is 5.52 Å². The molecule has 4 rings (SSSR count). The van der Waals surface area contributed by atoms with Crippen molar-refractivity contribution in [2.24, 2.45) is 13.0 Å². The van der Waals surface area contributed by atoms with Crippen LogP contribution in [-0.2, 0) is 7.05 Å². The van der Waals surface area contributed by atoms with E-state index in [2.05, 4.69) is 20.6 Å². The molecule has 0 atom stereocenters. The summed E-state index contributed by atoms with van der Waals surface area (Å²) < 4.78 is 1.50. The fourth-order valence-corrected chi connectivity index (χ4v) is 3.26. The molecule has 1 amide bonds. The second-order valence-electron chi connectivity index (χ2n) is 6.77. The molecule has 7 heteroatoms. The molecular weight excluding hydrogens is 350 g/mol. The summed E-state index contributed by atoms with van der Waals surface area (Å²) in [6, 6.07) is 9.39. The fourth-order valence-electron chi connectivity index (χ4n) is 3.09. The molecule has 0 radical (unpaired) electrons. The van der Waals surface area contributed by atoms with Gasteiger partial charge in [0.1, 0.15) is 11.4 Å². The molecule has 1 aromatic carbocycles. The number of carbonyl (C=O) groups is 1. The molecule has 1 N–H and O–H groups in total. The zero-order valence-corrected chi connectivity index (χ0v) is 15.3. The third-order valence-corrected chi connectivity index (χ3v) is 5.16. The summed E-state index contributed by atoms with van der Waals surface area (Å²) in [7, 11) is 1.73. The SMILES string of the molecule is Cn1nnc(-c2cc(C(=O)NCCCC3CC3)nc3ccccc23)c1Cl. The van der Waals surface area contributed by atoms with Crippen LogP contribution in [0.4, 0.5) is 0 Å². The first-order valence-corrected chi connectivity index (χ1v) is 9.25. The normalized spacial score (nSPS) is 13.9. The Balaban J connectivity index is 1.64. The number of benzene rings is 1. The maximum Gasteiger partial charge on any atom is 0.269 e. The number of fused-ring (bicyclic) bond motifs is 1.